The van der Waals surface area contributed by atoms with E-state index in [2.05, 4.69) is 0 Å². The molecular weight excluding hydrogens is 314 g/mol. The van der Waals surface area contributed by atoms with Gasteiger partial charge in [0.05, 0.1) is 12.6 Å². The lowest BCUT2D eigenvalue weighted by molar-refractivity contribution is -0.135. The van der Waals surface area contributed by atoms with Crippen LogP contribution in [-0.2, 0) is 15.1 Å². The quantitative estimate of drug-likeness (QED) is 0.915. The van der Waals surface area contributed by atoms with Gasteiger partial charge < -0.3 is 10.5 Å². The van der Waals surface area contributed by atoms with Crippen LogP contribution < -0.4 is 5.73 Å². The van der Waals surface area contributed by atoms with E-state index < -0.39 is 5.54 Å². The van der Waals surface area contributed by atoms with Crippen LogP contribution in [-0.4, -0.2) is 36.0 Å². The molecule has 0 radical (unpaired) electrons. The van der Waals surface area contributed by atoms with Gasteiger partial charge >= 0.3 is 0 Å². The number of rotatable bonds is 4. The molecule has 0 bridgehead atoms. The molecule has 0 aromatic heterocycles. The number of nitrogens with zero attached hydrogens (tertiary/aromatic N) is 2. The predicted octanol–water partition coefficient (Wildman–Crippen LogP) is 2.80. The Kier molecular flexibility index (Phi) is 4.50. The first-order valence-corrected chi connectivity index (χ1v) is 9.56. The molecule has 2 aliphatic heterocycles. The summed E-state index contributed by atoms with van der Waals surface area (Å²) in [5.41, 5.74) is 6.40. The molecule has 4 rings (SSSR count). The second-order valence-electron chi connectivity index (χ2n) is 7.49. The van der Waals surface area contributed by atoms with E-state index in [4.69, 9.17) is 15.5 Å². The Labute approximate surface area is 149 Å². The molecule has 2 N–H and O–H groups in total. The van der Waals surface area contributed by atoms with Gasteiger partial charge in [0, 0.05) is 6.61 Å². The van der Waals surface area contributed by atoms with Crippen LogP contribution in [0.2, 0.25) is 0 Å². The standard InChI is InChI=1S/C20H27N3O2/c21-19-22-20(15-8-3-1-4-9-15,16-10-5-2-6-11-16)18(24)23(19)14-17-12-7-13-25-17/h1,3-4,8-9,16-17H,2,5-7,10-14H2,(H2,21,22). The highest BCUT2D eigenvalue weighted by molar-refractivity contribution is 6.07. The van der Waals surface area contributed by atoms with E-state index in [9.17, 15) is 4.79 Å². The van der Waals surface area contributed by atoms with Crippen LogP contribution in [0.5, 0.6) is 0 Å². The molecule has 2 heterocycles. The van der Waals surface area contributed by atoms with E-state index in [-0.39, 0.29) is 17.9 Å². The number of ether oxygens (including phenoxy) is 1. The highest BCUT2D eigenvalue weighted by Crippen LogP contribution is 2.46. The van der Waals surface area contributed by atoms with Crippen molar-refractivity contribution in [3.63, 3.8) is 0 Å². The van der Waals surface area contributed by atoms with Crippen molar-refractivity contribution in [2.24, 2.45) is 16.6 Å². The highest BCUT2D eigenvalue weighted by atomic mass is 16.5. The first-order chi connectivity index (χ1) is 12.2. The zero-order chi connectivity index (χ0) is 17.3. The summed E-state index contributed by atoms with van der Waals surface area (Å²) >= 11 is 0. The van der Waals surface area contributed by atoms with Crippen molar-refractivity contribution >= 4 is 11.9 Å². The summed E-state index contributed by atoms with van der Waals surface area (Å²) in [6.07, 6.45) is 7.75. The Morgan fingerprint density at radius 2 is 1.88 bits per heavy atom. The van der Waals surface area contributed by atoms with Crippen molar-refractivity contribution < 1.29 is 9.53 Å². The van der Waals surface area contributed by atoms with Crippen LogP contribution in [0.1, 0.15) is 50.5 Å². The lowest BCUT2D eigenvalue weighted by Crippen LogP contribution is -2.49. The van der Waals surface area contributed by atoms with Crippen LogP contribution >= 0.6 is 0 Å². The van der Waals surface area contributed by atoms with Gasteiger partial charge in [-0.3, -0.25) is 9.69 Å². The number of nitrogens with two attached hydrogens (primary N) is 1. The van der Waals surface area contributed by atoms with Crippen LogP contribution in [0.25, 0.3) is 0 Å². The molecule has 1 aliphatic carbocycles. The van der Waals surface area contributed by atoms with E-state index in [1.54, 1.807) is 4.90 Å². The van der Waals surface area contributed by atoms with Gasteiger partial charge in [0.1, 0.15) is 0 Å². The van der Waals surface area contributed by atoms with E-state index in [1.165, 1.54) is 6.42 Å². The first kappa shape index (κ1) is 16.6. The van der Waals surface area contributed by atoms with Gasteiger partial charge in [-0.2, -0.15) is 0 Å². The number of hydrogen-bond donors (Lipinski definition) is 1. The molecular formula is C20H27N3O2. The topological polar surface area (TPSA) is 67.9 Å². The Balaban J connectivity index is 1.69. The molecule has 2 atom stereocenters. The second-order valence-corrected chi connectivity index (χ2v) is 7.49. The molecule has 5 heteroatoms. The SMILES string of the molecule is NC1=NC(c2ccccc2)(C2CCCCC2)C(=O)N1CC1CCCO1. The van der Waals surface area contributed by atoms with Gasteiger partial charge in [0.15, 0.2) is 11.5 Å². The van der Waals surface area contributed by atoms with Crippen molar-refractivity contribution in [3.8, 4) is 0 Å². The van der Waals surface area contributed by atoms with Crippen molar-refractivity contribution in [1.82, 2.24) is 4.90 Å². The van der Waals surface area contributed by atoms with Crippen LogP contribution in [0.3, 0.4) is 0 Å². The van der Waals surface area contributed by atoms with Gasteiger partial charge in [0.2, 0.25) is 0 Å². The van der Waals surface area contributed by atoms with Crippen molar-refractivity contribution in [2.45, 2.75) is 56.6 Å². The van der Waals surface area contributed by atoms with E-state index >= 15 is 0 Å². The third-order valence-corrected chi connectivity index (χ3v) is 5.96. The summed E-state index contributed by atoms with van der Waals surface area (Å²) in [4.78, 5) is 20.1. The first-order valence-electron chi connectivity index (χ1n) is 9.56. The van der Waals surface area contributed by atoms with Gasteiger partial charge in [0.25, 0.3) is 5.91 Å². The zero-order valence-corrected chi connectivity index (χ0v) is 14.7. The number of carbonyl (C=O) groups is 1. The van der Waals surface area contributed by atoms with E-state index in [0.717, 1.165) is 50.7 Å². The highest BCUT2D eigenvalue weighted by Gasteiger charge is 2.54. The number of carbonyl (C=O) groups excluding carboxylic acids is 1. The minimum absolute atomic E-state index is 0.0404. The molecule has 2 fully saturated rings. The van der Waals surface area contributed by atoms with E-state index in [0.29, 0.717) is 12.5 Å². The minimum Gasteiger partial charge on any atom is -0.376 e. The Morgan fingerprint density at radius 3 is 2.56 bits per heavy atom. The average molecular weight is 341 g/mol. The van der Waals surface area contributed by atoms with Crippen molar-refractivity contribution in [1.29, 1.82) is 0 Å². The second kappa shape index (κ2) is 6.79. The third-order valence-electron chi connectivity index (χ3n) is 5.96. The Bertz CT molecular complexity index is 648. The molecule has 1 saturated carbocycles. The van der Waals surface area contributed by atoms with Crippen molar-refractivity contribution in [2.75, 3.05) is 13.2 Å². The van der Waals surface area contributed by atoms with Gasteiger partial charge in [-0.1, -0.05) is 49.6 Å². The largest absolute Gasteiger partial charge is 0.376 e. The maximum atomic E-state index is 13.6. The van der Waals surface area contributed by atoms with Gasteiger partial charge in [-0.05, 0) is 37.2 Å². The molecule has 1 aromatic rings. The fraction of sp³-hybridized carbons (Fsp3) is 0.600. The van der Waals surface area contributed by atoms with Crippen LogP contribution in [0, 0.1) is 5.92 Å². The maximum absolute atomic E-state index is 13.6. The molecule has 1 aromatic carbocycles. The lowest BCUT2D eigenvalue weighted by Gasteiger charge is -2.36. The number of guanidine groups is 1. The zero-order valence-electron chi connectivity index (χ0n) is 14.7. The molecule has 3 aliphatic rings. The lowest BCUT2D eigenvalue weighted by atomic mass is 9.71. The number of hydrogen-bond acceptors (Lipinski definition) is 4. The molecule has 1 saturated heterocycles. The third kappa shape index (κ3) is 2.84. The molecule has 2 unspecified atom stereocenters. The molecule has 1 amide bonds. The molecule has 25 heavy (non-hydrogen) atoms. The summed E-state index contributed by atoms with van der Waals surface area (Å²) in [6, 6.07) is 10.0. The Morgan fingerprint density at radius 1 is 1.12 bits per heavy atom. The van der Waals surface area contributed by atoms with Gasteiger partial charge in [-0.15, -0.1) is 0 Å². The Hall–Kier alpha value is -1.88. The smallest absolute Gasteiger partial charge is 0.262 e. The summed E-state index contributed by atoms with van der Waals surface area (Å²) in [5, 5.41) is 0. The molecule has 0 spiro atoms. The fourth-order valence-electron chi connectivity index (χ4n) is 4.67. The maximum Gasteiger partial charge on any atom is 0.262 e. The predicted molar refractivity (Wildman–Crippen MR) is 97.0 cm³/mol. The summed E-state index contributed by atoms with van der Waals surface area (Å²) in [7, 11) is 0. The molecule has 5 nitrogen and oxygen atoms in total. The van der Waals surface area contributed by atoms with Gasteiger partial charge in [-0.25, -0.2) is 4.99 Å². The summed E-state index contributed by atoms with van der Waals surface area (Å²) in [6.45, 7) is 1.30. The van der Waals surface area contributed by atoms with Crippen LogP contribution in [0.4, 0.5) is 0 Å². The number of benzene rings is 1. The summed E-state index contributed by atoms with van der Waals surface area (Å²) < 4.78 is 5.73. The van der Waals surface area contributed by atoms with Crippen molar-refractivity contribution in [3.05, 3.63) is 35.9 Å². The summed E-state index contributed by atoms with van der Waals surface area (Å²) in [5.74, 6) is 0.623. The van der Waals surface area contributed by atoms with E-state index in [1.807, 2.05) is 30.3 Å². The molecule has 134 valence electrons. The van der Waals surface area contributed by atoms with Crippen LogP contribution in [0.15, 0.2) is 35.3 Å². The average Bonchev–Trinajstić information content (AvgIpc) is 3.26. The number of amides is 1. The number of aliphatic imine (C=N–C) groups is 1. The fourth-order valence-corrected chi connectivity index (χ4v) is 4.67. The monoisotopic (exact) mass is 341 g/mol. The normalized spacial score (nSPS) is 30.7. The minimum atomic E-state index is -0.843.